The van der Waals surface area contributed by atoms with Crippen molar-refractivity contribution >= 4 is 10.8 Å². The van der Waals surface area contributed by atoms with Gasteiger partial charge in [-0.2, -0.15) is 0 Å². The molecule has 0 N–H and O–H groups in total. The summed E-state index contributed by atoms with van der Waals surface area (Å²) in [5.41, 5.74) is 6.53. The van der Waals surface area contributed by atoms with Crippen molar-refractivity contribution in [3.8, 4) is 22.8 Å². The summed E-state index contributed by atoms with van der Waals surface area (Å²) >= 11 is 0. The third-order valence-electron chi connectivity index (χ3n) is 6.22. The van der Waals surface area contributed by atoms with Gasteiger partial charge in [-0.1, -0.05) is 59.7 Å². The summed E-state index contributed by atoms with van der Waals surface area (Å²) in [6.45, 7) is 6.74. The zero-order valence-electron chi connectivity index (χ0n) is 19.7. The minimum absolute atomic E-state index is 0.0285. The van der Waals surface area contributed by atoms with Gasteiger partial charge in [-0.3, -0.25) is 4.79 Å². The van der Waals surface area contributed by atoms with E-state index in [0.29, 0.717) is 6.54 Å². The predicted octanol–water partition coefficient (Wildman–Crippen LogP) is 7.43. The molecule has 34 heavy (non-hydrogen) atoms. The van der Waals surface area contributed by atoms with Crippen molar-refractivity contribution < 1.29 is 4.74 Å². The molecule has 0 radical (unpaired) electrons. The molecule has 0 aliphatic carbocycles. The Balaban J connectivity index is 1.61. The lowest BCUT2D eigenvalue weighted by Crippen LogP contribution is -2.23. The van der Waals surface area contributed by atoms with Crippen LogP contribution in [0.4, 0.5) is 0 Å². The van der Waals surface area contributed by atoms with Crippen LogP contribution in [-0.2, 0) is 6.54 Å². The maximum absolute atomic E-state index is 13.7. The monoisotopic (exact) mass is 445 g/mol. The number of pyridine rings is 1. The van der Waals surface area contributed by atoms with Gasteiger partial charge in [-0.25, -0.2) is 0 Å². The van der Waals surface area contributed by atoms with Gasteiger partial charge in [0.1, 0.15) is 11.5 Å². The zero-order chi connectivity index (χ0) is 23.7. The molecular weight excluding hydrogens is 418 g/mol. The van der Waals surface area contributed by atoms with Crippen molar-refractivity contribution in [2.24, 2.45) is 0 Å². The molecule has 0 fully saturated rings. The molecule has 5 aromatic rings. The molecule has 5 rings (SSSR count). The number of fused-ring (bicyclic) bond motifs is 1. The van der Waals surface area contributed by atoms with Crippen LogP contribution in [-0.4, -0.2) is 4.57 Å². The molecular formula is C31H27NO2. The van der Waals surface area contributed by atoms with Crippen molar-refractivity contribution in [1.82, 2.24) is 4.57 Å². The second-order valence-corrected chi connectivity index (χ2v) is 8.88. The average molecular weight is 446 g/mol. The van der Waals surface area contributed by atoms with Gasteiger partial charge >= 0.3 is 0 Å². The highest BCUT2D eigenvalue weighted by molar-refractivity contribution is 5.86. The Morgan fingerprint density at radius 3 is 2.12 bits per heavy atom. The zero-order valence-corrected chi connectivity index (χ0v) is 19.7. The van der Waals surface area contributed by atoms with E-state index in [1.165, 1.54) is 11.1 Å². The number of hydrogen-bond donors (Lipinski definition) is 0. The van der Waals surface area contributed by atoms with Gasteiger partial charge in [0.15, 0.2) is 0 Å². The first-order chi connectivity index (χ1) is 16.5. The van der Waals surface area contributed by atoms with E-state index < -0.39 is 0 Å². The second-order valence-electron chi connectivity index (χ2n) is 8.88. The lowest BCUT2D eigenvalue weighted by Gasteiger charge is -2.17. The van der Waals surface area contributed by atoms with E-state index in [2.05, 4.69) is 44.2 Å². The Morgan fingerprint density at radius 1 is 0.706 bits per heavy atom. The normalized spacial score (nSPS) is 11.0. The van der Waals surface area contributed by atoms with Crippen LogP contribution in [0.2, 0.25) is 0 Å². The third kappa shape index (κ3) is 4.38. The summed E-state index contributed by atoms with van der Waals surface area (Å²) in [5, 5.41) is 1.70. The number of hydrogen-bond acceptors (Lipinski definition) is 2. The first-order valence-corrected chi connectivity index (χ1v) is 11.5. The number of aryl methyl sites for hydroxylation is 3. The van der Waals surface area contributed by atoms with Gasteiger partial charge in [0.2, 0.25) is 0 Å². The molecule has 3 heteroatoms. The van der Waals surface area contributed by atoms with Crippen LogP contribution >= 0.6 is 0 Å². The predicted molar refractivity (Wildman–Crippen MR) is 140 cm³/mol. The van der Waals surface area contributed by atoms with Crippen molar-refractivity contribution in [1.29, 1.82) is 0 Å². The Kier molecular flexibility index (Phi) is 5.77. The molecule has 0 bridgehead atoms. The molecule has 1 heterocycles. The largest absolute Gasteiger partial charge is 0.457 e. The number of para-hydroxylation sites is 1. The van der Waals surface area contributed by atoms with Crippen LogP contribution in [0.15, 0.2) is 102 Å². The minimum Gasteiger partial charge on any atom is -0.457 e. The molecule has 0 amide bonds. The van der Waals surface area contributed by atoms with E-state index >= 15 is 0 Å². The average Bonchev–Trinajstić information content (AvgIpc) is 2.84. The Morgan fingerprint density at radius 2 is 1.38 bits per heavy atom. The molecule has 0 atom stereocenters. The number of nitrogens with zero attached hydrogens (tertiary/aromatic N) is 1. The van der Waals surface area contributed by atoms with Gasteiger partial charge < -0.3 is 9.30 Å². The molecule has 0 unspecified atom stereocenters. The van der Waals surface area contributed by atoms with Crippen molar-refractivity contribution in [3.63, 3.8) is 0 Å². The summed E-state index contributed by atoms with van der Waals surface area (Å²) in [6, 6.07) is 32.3. The SMILES string of the molecule is Cc1ccc(Cn2c(-c3ccc(Oc4ccccc4)cc3)cc3ccc(C)cc3c2=O)c(C)c1. The van der Waals surface area contributed by atoms with Crippen molar-refractivity contribution in [3.05, 3.63) is 130 Å². The fourth-order valence-corrected chi connectivity index (χ4v) is 4.37. The highest BCUT2D eigenvalue weighted by Gasteiger charge is 2.13. The fraction of sp³-hybridized carbons (Fsp3) is 0.129. The van der Waals surface area contributed by atoms with E-state index in [0.717, 1.165) is 44.7 Å². The molecule has 0 spiro atoms. The standard InChI is InChI=1S/C31H27NO2/c1-21-10-12-26(23(3)17-21)20-32-30(19-25-11-9-22(2)18-29(25)31(32)33)24-13-15-28(16-14-24)34-27-7-5-4-6-8-27/h4-19H,20H2,1-3H3. The van der Waals surface area contributed by atoms with E-state index in [4.69, 9.17) is 4.74 Å². The molecule has 1 aromatic heterocycles. The fourth-order valence-electron chi connectivity index (χ4n) is 4.37. The van der Waals surface area contributed by atoms with E-state index in [1.807, 2.05) is 78.2 Å². The third-order valence-corrected chi connectivity index (χ3v) is 6.22. The van der Waals surface area contributed by atoms with Crippen LogP contribution in [0, 0.1) is 20.8 Å². The smallest absolute Gasteiger partial charge is 0.259 e. The molecule has 0 saturated heterocycles. The van der Waals surface area contributed by atoms with Crippen LogP contribution in [0.3, 0.4) is 0 Å². The maximum atomic E-state index is 13.7. The number of ether oxygens (including phenoxy) is 1. The first-order valence-electron chi connectivity index (χ1n) is 11.5. The van der Waals surface area contributed by atoms with E-state index in [-0.39, 0.29) is 5.56 Å². The number of rotatable bonds is 5. The minimum atomic E-state index is 0.0285. The number of aromatic nitrogens is 1. The van der Waals surface area contributed by atoms with Crippen molar-refractivity contribution in [2.75, 3.05) is 0 Å². The molecule has 0 saturated carbocycles. The molecule has 168 valence electrons. The lowest BCUT2D eigenvalue weighted by atomic mass is 10.0. The quantitative estimate of drug-likeness (QED) is 0.282. The molecule has 4 aromatic carbocycles. The van der Waals surface area contributed by atoms with Gasteiger partial charge in [0, 0.05) is 5.39 Å². The highest BCUT2D eigenvalue weighted by Crippen LogP contribution is 2.28. The van der Waals surface area contributed by atoms with Gasteiger partial charge in [-0.05, 0) is 91.4 Å². The van der Waals surface area contributed by atoms with Crippen LogP contribution in [0.1, 0.15) is 22.3 Å². The lowest BCUT2D eigenvalue weighted by molar-refractivity contribution is 0.483. The molecule has 0 aliphatic rings. The van der Waals surface area contributed by atoms with E-state index in [9.17, 15) is 4.79 Å². The first kappa shape index (κ1) is 21.7. The number of benzene rings is 4. The van der Waals surface area contributed by atoms with Gasteiger partial charge in [0.05, 0.1) is 12.2 Å². The van der Waals surface area contributed by atoms with Crippen LogP contribution < -0.4 is 10.3 Å². The summed E-state index contributed by atoms with van der Waals surface area (Å²) in [6.07, 6.45) is 0. The van der Waals surface area contributed by atoms with E-state index in [1.54, 1.807) is 0 Å². The Labute approximate surface area is 199 Å². The second kappa shape index (κ2) is 9.03. The Hall–Kier alpha value is -4.11. The maximum Gasteiger partial charge on any atom is 0.259 e. The van der Waals surface area contributed by atoms with Crippen LogP contribution in [0.25, 0.3) is 22.0 Å². The highest BCUT2D eigenvalue weighted by atomic mass is 16.5. The van der Waals surface area contributed by atoms with Gasteiger partial charge in [-0.15, -0.1) is 0 Å². The Bertz CT molecular complexity index is 1530. The topological polar surface area (TPSA) is 31.2 Å². The summed E-state index contributed by atoms with van der Waals surface area (Å²) in [4.78, 5) is 13.7. The summed E-state index contributed by atoms with van der Waals surface area (Å²) in [7, 11) is 0. The van der Waals surface area contributed by atoms with Crippen LogP contribution in [0.5, 0.6) is 11.5 Å². The van der Waals surface area contributed by atoms with Crippen molar-refractivity contribution in [2.45, 2.75) is 27.3 Å². The molecule has 0 aliphatic heterocycles. The van der Waals surface area contributed by atoms with Gasteiger partial charge in [0.25, 0.3) is 5.56 Å². The summed E-state index contributed by atoms with van der Waals surface area (Å²) < 4.78 is 7.86. The molecule has 3 nitrogen and oxygen atoms in total. The summed E-state index contributed by atoms with van der Waals surface area (Å²) in [5.74, 6) is 1.55.